The third kappa shape index (κ3) is 6.39. The number of aliphatic imine (C=N–C) groups is 1. The quantitative estimate of drug-likeness (QED) is 0.514. The molecular weight excluding hydrogens is 368 g/mol. The maximum atomic E-state index is 5.20. The molecule has 6 heteroatoms. The summed E-state index contributed by atoms with van der Waals surface area (Å²) in [6, 6.07) is 11.3. The van der Waals surface area contributed by atoms with Crippen molar-refractivity contribution in [3.8, 4) is 0 Å². The van der Waals surface area contributed by atoms with Crippen LogP contribution in [0.3, 0.4) is 0 Å². The number of hydrogen-bond donors (Lipinski definition) is 2. The molecule has 1 aromatic rings. The van der Waals surface area contributed by atoms with Crippen LogP contribution in [0, 0.1) is 0 Å². The molecule has 0 atom stereocenters. The number of benzene rings is 1. The van der Waals surface area contributed by atoms with Crippen LogP contribution in [-0.2, 0) is 4.74 Å². The molecule has 2 aliphatic rings. The van der Waals surface area contributed by atoms with Crippen LogP contribution in [0.4, 0.5) is 0 Å². The highest BCUT2D eigenvalue weighted by Crippen LogP contribution is 2.44. The highest BCUT2D eigenvalue weighted by atomic mass is 32.2. The topological polar surface area (TPSA) is 48.9 Å². The molecule has 1 aliphatic carbocycles. The number of nitrogens with one attached hydrogen (secondary N) is 2. The fourth-order valence-corrected chi connectivity index (χ4v) is 5.66. The highest BCUT2D eigenvalue weighted by Gasteiger charge is 2.35. The molecule has 5 nitrogen and oxygen atoms in total. The maximum Gasteiger partial charge on any atom is 0.191 e. The van der Waals surface area contributed by atoms with Crippen molar-refractivity contribution < 1.29 is 4.74 Å². The van der Waals surface area contributed by atoms with Gasteiger partial charge >= 0.3 is 0 Å². The number of methoxy groups -OCH3 is 1. The summed E-state index contributed by atoms with van der Waals surface area (Å²) in [6.07, 6.45) is 7.52. The van der Waals surface area contributed by atoms with Crippen molar-refractivity contribution in [1.29, 1.82) is 0 Å². The van der Waals surface area contributed by atoms with Gasteiger partial charge in [-0.15, -0.1) is 11.8 Å². The van der Waals surface area contributed by atoms with Crippen molar-refractivity contribution in [3.63, 3.8) is 0 Å². The van der Waals surface area contributed by atoms with Gasteiger partial charge < -0.3 is 20.3 Å². The van der Waals surface area contributed by atoms with Gasteiger partial charge in [-0.05, 0) is 37.8 Å². The minimum atomic E-state index is 0.280. The number of nitrogens with zero attached hydrogens (tertiary/aromatic N) is 2. The van der Waals surface area contributed by atoms with Crippen molar-refractivity contribution in [1.82, 2.24) is 15.5 Å². The van der Waals surface area contributed by atoms with Crippen molar-refractivity contribution in [2.45, 2.75) is 54.2 Å². The predicted octanol–water partition coefficient (Wildman–Crippen LogP) is 3.37. The minimum absolute atomic E-state index is 0.280. The third-order valence-corrected chi connectivity index (χ3v) is 7.43. The van der Waals surface area contributed by atoms with Crippen molar-refractivity contribution in [2.24, 2.45) is 4.99 Å². The summed E-state index contributed by atoms with van der Waals surface area (Å²) in [4.78, 5) is 8.36. The zero-order valence-electron chi connectivity index (χ0n) is 17.5. The molecule has 0 radical (unpaired) electrons. The van der Waals surface area contributed by atoms with E-state index >= 15 is 0 Å². The molecule has 0 bridgehead atoms. The Bertz CT molecular complexity index is 596. The van der Waals surface area contributed by atoms with Crippen LogP contribution < -0.4 is 10.6 Å². The van der Waals surface area contributed by atoms with Gasteiger partial charge in [0, 0.05) is 56.0 Å². The molecule has 0 amide bonds. The van der Waals surface area contributed by atoms with E-state index in [-0.39, 0.29) is 4.75 Å². The Balaban J connectivity index is 1.47. The van der Waals surface area contributed by atoms with Crippen LogP contribution in [0.5, 0.6) is 0 Å². The standard InChI is InChI=1S/C22H36N4OS/c1-23-21(25-19-10-14-26(15-11-19)16-17-27-2)24-18-22(12-6-7-13-22)28-20-8-4-3-5-9-20/h3-5,8-9,19H,6-7,10-18H2,1-2H3,(H2,23,24,25). The van der Waals surface area contributed by atoms with Crippen molar-refractivity contribution in [2.75, 3.05) is 46.9 Å². The Kier molecular flexibility index (Phi) is 8.49. The molecule has 1 saturated carbocycles. The summed E-state index contributed by atoms with van der Waals surface area (Å²) in [5.74, 6) is 0.954. The molecule has 0 unspecified atom stereocenters. The Morgan fingerprint density at radius 2 is 1.93 bits per heavy atom. The van der Waals surface area contributed by atoms with Gasteiger partial charge in [0.2, 0.25) is 0 Å². The Hall–Kier alpha value is -1.24. The summed E-state index contributed by atoms with van der Waals surface area (Å²) < 4.78 is 5.48. The molecule has 2 N–H and O–H groups in total. The number of hydrogen-bond acceptors (Lipinski definition) is 4. The van der Waals surface area contributed by atoms with E-state index in [1.807, 2.05) is 18.8 Å². The van der Waals surface area contributed by atoms with E-state index in [9.17, 15) is 0 Å². The zero-order valence-corrected chi connectivity index (χ0v) is 18.3. The molecule has 3 rings (SSSR count). The van der Waals surface area contributed by atoms with Gasteiger partial charge in [-0.25, -0.2) is 0 Å². The molecule has 0 aromatic heterocycles. The van der Waals surface area contributed by atoms with Crippen LogP contribution in [-0.4, -0.2) is 68.6 Å². The van der Waals surface area contributed by atoms with Gasteiger partial charge in [-0.1, -0.05) is 31.0 Å². The first-order chi connectivity index (χ1) is 13.7. The lowest BCUT2D eigenvalue weighted by Crippen LogP contribution is -2.51. The highest BCUT2D eigenvalue weighted by molar-refractivity contribution is 8.00. The average Bonchev–Trinajstić information content (AvgIpc) is 3.19. The Labute approximate surface area is 174 Å². The average molecular weight is 405 g/mol. The van der Waals surface area contributed by atoms with Crippen molar-refractivity contribution in [3.05, 3.63) is 30.3 Å². The van der Waals surface area contributed by atoms with Gasteiger partial charge in [0.1, 0.15) is 0 Å². The molecule has 28 heavy (non-hydrogen) atoms. The Morgan fingerprint density at radius 1 is 1.21 bits per heavy atom. The van der Waals surface area contributed by atoms with E-state index in [1.165, 1.54) is 30.6 Å². The van der Waals surface area contributed by atoms with Gasteiger partial charge in [-0.2, -0.15) is 0 Å². The number of guanidine groups is 1. The van der Waals surface area contributed by atoms with Gasteiger partial charge in [0.25, 0.3) is 0 Å². The first-order valence-corrected chi connectivity index (χ1v) is 11.5. The third-order valence-electron chi connectivity index (χ3n) is 5.93. The first-order valence-electron chi connectivity index (χ1n) is 10.7. The second-order valence-corrected chi connectivity index (χ2v) is 9.53. The lowest BCUT2D eigenvalue weighted by atomic mass is 10.1. The SMILES string of the molecule is CN=C(NCC1(Sc2ccccc2)CCCC1)NC1CCN(CCOC)CC1. The van der Waals surface area contributed by atoms with E-state index in [0.717, 1.165) is 51.6 Å². The van der Waals surface area contributed by atoms with Crippen LogP contribution in [0.2, 0.25) is 0 Å². The molecule has 0 spiro atoms. The minimum Gasteiger partial charge on any atom is -0.383 e. The van der Waals surface area contributed by atoms with Gasteiger partial charge in [0.15, 0.2) is 5.96 Å². The maximum absolute atomic E-state index is 5.20. The largest absolute Gasteiger partial charge is 0.383 e. The molecule has 2 fully saturated rings. The van der Waals surface area contributed by atoms with E-state index < -0.39 is 0 Å². The smallest absolute Gasteiger partial charge is 0.191 e. The molecule has 1 aliphatic heterocycles. The fourth-order valence-electron chi connectivity index (χ4n) is 4.23. The monoisotopic (exact) mass is 404 g/mol. The summed E-state index contributed by atoms with van der Waals surface area (Å²) in [6.45, 7) is 5.09. The summed E-state index contributed by atoms with van der Waals surface area (Å²) in [5.41, 5.74) is 0. The summed E-state index contributed by atoms with van der Waals surface area (Å²) >= 11 is 2.04. The number of piperidine rings is 1. The van der Waals surface area contributed by atoms with Gasteiger partial charge in [-0.3, -0.25) is 4.99 Å². The molecular formula is C22H36N4OS. The van der Waals surface area contributed by atoms with E-state index in [0.29, 0.717) is 6.04 Å². The van der Waals surface area contributed by atoms with Crippen molar-refractivity contribution >= 4 is 17.7 Å². The predicted molar refractivity (Wildman–Crippen MR) is 119 cm³/mol. The zero-order chi connectivity index (χ0) is 19.7. The first kappa shape index (κ1) is 21.5. The Morgan fingerprint density at radius 3 is 2.57 bits per heavy atom. The summed E-state index contributed by atoms with van der Waals surface area (Å²) in [5, 5.41) is 7.31. The van der Waals surface area contributed by atoms with Gasteiger partial charge in [0.05, 0.1) is 6.61 Å². The number of ether oxygens (including phenoxy) is 1. The fraction of sp³-hybridized carbons (Fsp3) is 0.682. The molecule has 1 saturated heterocycles. The lowest BCUT2D eigenvalue weighted by molar-refractivity contribution is 0.128. The molecule has 1 heterocycles. The molecule has 1 aromatic carbocycles. The lowest BCUT2D eigenvalue weighted by Gasteiger charge is -2.34. The second kappa shape index (κ2) is 11.1. The normalized spacial score (nSPS) is 21.0. The molecule has 156 valence electrons. The van der Waals surface area contributed by atoms with Crippen LogP contribution in [0.25, 0.3) is 0 Å². The van der Waals surface area contributed by atoms with E-state index in [1.54, 1.807) is 7.11 Å². The summed E-state index contributed by atoms with van der Waals surface area (Å²) in [7, 11) is 3.66. The van der Waals surface area contributed by atoms with Crippen LogP contribution in [0.15, 0.2) is 40.2 Å². The second-order valence-electron chi connectivity index (χ2n) is 7.98. The van der Waals surface area contributed by atoms with Crippen LogP contribution >= 0.6 is 11.8 Å². The number of thioether (sulfide) groups is 1. The van der Waals surface area contributed by atoms with E-state index in [4.69, 9.17) is 4.74 Å². The number of rotatable bonds is 8. The van der Waals surface area contributed by atoms with Crippen LogP contribution in [0.1, 0.15) is 38.5 Å². The van der Waals surface area contributed by atoms with E-state index in [2.05, 4.69) is 50.9 Å². The number of likely N-dealkylation sites (tertiary alicyclic amines) is 1.